The van der Waals surface area contributed by atoms with Crippen LogP contribution < -0.4 is 14.4 Å². The number of rotatable bonds is 13. The number of sulfonamides is 1. The van der Waals surface area contributed by atoms with Crippen LogP contribution >= 0.6 is 0 Å². The fourth-order valence-corrected chi connectivity index (χ4v) is 5.68. The molecular weight excluding hydrogens is 545 g/mol. The lowest BCUT2D eigenvalue weighted by molar-refractivity contribution is -0.140. The fourth-order valence-electron chi connectivity index (χ4n) is 4.26. The molecule has 1 N–H and O–H groups in total. The van der Waals surface area contributed by atoms with Gasteiger partial charge >= 0.3 is 0 Å². The lowest BCUT2D eigenvalue weighted by Crippen LogP contribution is -2.53. The molecule has 2 atom stereocenters. The number of benzene rings is 3. The summed E-state index contributed by atoms with van der Waals surface area (Å²) in [5.41, 5.74) is 1.93. The summed E-state index contributed by atoms with van der Waals surface area (Å²) in [4.78, 5) is 28.7. The first-order valence-electron chi connectivity index (χ1n) is 13.6. The van der Waals surface area contributed by atoms with E-state index in [0.29, 0.717) is 18.6 Å². The predicted molar refractivity (Wildman–Crippen MR) is 158 cm³/mol. The van der Waals surface area contributed by atoms with Crippen molar-refractivity contribution in [2.45, 2.75) is 64.1 Å². The Balaban J connectivity index is 2.05. The molecule has 0 aliphatic rings. The van der Waals surface area contributed by atoms with Crippen molar-refractivity contribution < 1.29 is 27.1 Å². The van der Waals surface area contributed by atoms with E-state index in [4.69, 9.17) is 4.74 Å². The van der Waals surface area contributed by atoms with Gasteiger partial charge in [-0.05, 0) is 80.8 Å². The van der Waals surface area contributed by atoms with Gasteiger partial charge in [0, 0.05) is 12.6 Å². The van der Waals surface area contributed by atoms with E-state index in [2.05, 4.69) is 5.32 Å². The predicted octanol–water partition coefficient (Wildman–Crippen LogP) is 5.06. The number of anilines is 1. The maximum atomic E-state index is 14.1. The highest BCUT2D eigenvalue weighted by Gasteiger charge is 2.34. The van der Waals surface area contributed by atoms with Gasteiger partial charge < -0.3 is 15.0 Å². The van der Waals surface area contributed by atoms with Crippen LogP contribution in [0, 0.1) is 12.7 Å². The summed E-state index contributed by atoms with van der Waals surface area (Å²) >= 11 is 0. The second-order valence-corrected chi connectivity index (χ2v) is 11.8. The van der Waals surface area contributed by atoms with E-state index in [1.54, 1.807) is 55.6 Å². The van der Waals surface area contributed by atoms with Crippen LogP contribution in [0.1, 0.15) is 44.7 Å². The number of ether oxygens (including phenoxy) is 1. The molecule has 0 heterocycles. The molecule has 0 spiro atoms. The van der Waals surface area contributed by atoms with Gasteiger partial charge in [-0.1, -0.05) is 43.7 Å². The van der Waals surface area contributed by atoms with Crippen LogP contribution in [0.2, 0.25) is 0 Å². The fraction of sp³-hybridized carbons (Fsp3) is 0.355. The van der Waals surface area contributed by atoms with Gasteiger partial charge in [-0.25, -0.2) is 12.8 Å². The Hall–Kier alpha value is -3.92. The first-order chi connectivity index (χ1) is 19.5. The van der Waals surface area contributed by atoms with Crippen LogP contribution in [0.4, 0.5) is 10.1 Å². The minimum Gasteiger partial charge on any atom is -0.497 e. The summed E-state index contributed by atoms with van der Waals surface area (Å²) in [5.74, 6) is -0.806. The number of methoxy groups -OCH3 is 1. The third-order valence-corrected chi connectivity index (χ3v) is 8.69. The minimum atomic E-state index is -4.27. The molecule has 0 saturated heterocycles. The summed E-state index contributed by atoms with van der Waals surface area (Å²) in [6.07, 6.45) is 1.03. The van der Waals surface area contributed by atoms with Crippen molar-refractivity contribution in [1.82, 2.24) is 10.2 Å². The van der Waals surface area contributed by atoms with Crippen LogP contribution in [0.15, 0.2) is 77.7 Å². The Morgan fingerprint density at radius 2 is 1.54 bits per heavy atom. The number of carbonyl (C=O) groups is 2. The summed E-state index contributed by atoms with van der Waals surface area (Å²) in [6, 6.07) is 17.4. The molecule has 0 unspecified atom stereocenters. The first-order valence-corrected chi connectivity index (χ1v) is 15.0. The topological polar surface area (TPSA) is 96.0 Å². The van der Waals surface area contributed by atoms with Gasteiger partial charge in [0.1, 0.15) is 24.2 Å². The number of hydrogen-bond acceptors (Lipinski definition) is 5. The lowest BCUT2D eigenvalue weighted by atomic mass is 10.1. The number of hydrogen-bond donors (Lipinski definition) is 1. The van der Waals surface area contributed by atoms with E-state index in [1.807, 2.05) is 27.7 Å². The zero-order valence-corrected chi connectivity index (χ0v) is 24.9. The van der Waals surface area contributed by atoms with E-state index in [9.17, 15) is 22.4 Å². The maximum absolute atomic E-state index is 14.1. The van der Waals surface area contributed by atoms with Crippen molar-refractivity contribution in [1.29, 1.82) is 0 Å². The molecule has 3 aromatic rings. The molecule has 3 rings (SSSR count). The van der Waals surface area contributed by atoms with E-state index in [0.717, 1.165) is 27.6 Å². The Morgan fingerprint density at radius 1 is 0.927 bits per heavy atom. The molecule has 0 fully saturated rings. The number of amides is 2. The van der Waals surface area contributed by atoms with Crippen LogP contribution in [0.3, 0.4) is 0 Å². The molecule has 0 saturated carbocycles. The largest absolute Gasteiger partial charge is 0.497 e. The molecule has 2 amide bonds. The average molecular weight is 584 g/mol. The monoisotopic (exact) mass is 583 g/mol. The smallest absolute Gasteiger partial charge is 0.264 e. The average Bonchev–Trinajstić information content (AvgIpc) is 2.96. The first kappa shape index (κ1) is 31.6. The summed E-state index contributed by atoms with van der Waals surface area (Å²) in [7, 11) is -2.71. The highest BCUT2D eigenvalue weighted by molar-refractivity contribution is 7.92. The van der Waals surface area contributed by atoms with Crippen LogP contribution in [-0.2, 0) is 26.2 Å². The number of aryl methyl sites for hydroxylation is 1. The zero-order chi connectivity index (χ0) is 30.2. The number of carbonyl (C=O) groups excluding carboxylic acids is 2. The summed E-state index contributed by atoms with van der Waals surface area (Å²) < 4.78 is 47.5. The van der Waals surface area contributed by atoms with Crippen molar-refractivity contribution in [2.75, 3.05) is 18.0 Å². The van der Waals surface area contributed by atoms with Gasteiger partial charge in [-0.15, -0.1) is 0 Å². The molecule has 0 aromatic heterocycles. The van der Waals surface area contributed by atoms with E-state index >= 15 is 0 Å². The quantitative estimate of drug-likeness (QED) is 0.304. The molecule has 0 aliphatic carbocycles. The van der Waals surface area contributed by atoms with Crippen molar-refractivity contribution in [3.05, 3.63) is 89.7 Å². The van der Waals surface area contributed by atoms with Gasteiger partial charge in [-0.2, -0.15) is 0 Å². The standard InChI is InChI=1S/C31H38FN3O5S/c1-6-23(4)33-31(37)29(7-2)34(20-24-10-16-27(40-5)17-11-24)30(36)21-35(26-14-8-22(3)9-15-26)41(38,39)28-18-12-25(32)13-19-28/h8-19,23,29H,6-7,20-21H2,1-5H3,(H,33,37)/t23-,29+/m0/s1. The van der Waals surface area contributed by atoms with Crippen LogP contribution in [-0.4, -0.2) is 50.9 Å². The molecule has 0 radical (unpaired) electrons. The third kappa shape index (κ3) is 8.07. The maximum Gasteiger partial charge on any atom is 0.264 e. The number of nitrogens with one attached hydrogen (secondary N) is 1. The summed E-state index contributed by atoms with van der Waals surface area (Å²) in [6.45, 7) is 7.02. The van der Waals surface area contributed by atoms with Gasteiger partial charge in [0.2, 0.25) is 11.8 Å². The van der Waals surface area contributed by atoms with Crippen molar-refractivity contribution in [2.24, 2.45) is 0 Å². The van der Waals surface area contributed by atoms with Crippen molar-refractivity contribution in [3.8, 4) is 5.75 Å². The molecule has 0 bridgehead atoms. The highest BCUT2D eigenvalue weighted by Crippen LogP contribution is 2.26. The molecule has 220 valence electrons. The molecule has 3 aromatic carbocycles. The van der Waals surface area contributed by atoms with E-state index in [1.165, 1.54) is 17.0 Å². The van der Waals surface area contributed by atoms with Gasteiger partial charge in [-0.3, -0.25) is 13.9 Å². The minimum absolute atomic E-state index is 0.0770. The molecule has 41 heavy (non-hydrogen) atoms. The Kier molecular flexibility index (Phi) is 10.9. The van der Waals surface area contributed by atoms with Gasteiger partial charge in [0.25, 0.3) is 10.0 Å². The molecule has 8 nitrogen and oxygen atoms in total. The van der Waals surface area contributed by atoms with Crippen molar-refractivity contribution >= 4 is 27.5 Å². The van der Waals surface area contributed by atoms with E-state index in [-0.39, 0.29) is 29.1 Å². The second kappa shape index (κ2) is 14.1. The van der Waals surface area contributed by atoms with Crippen molar-refractivity contribution in [3.63, 3.8) is 0 Å². The zero-order valence-electron chi connectivity index (χ0n) is 24.1. The Bertz CT molecular complexity index is 1410. The second-order valence-electron chi connectivity index (χ2n) is 9.91. The Morgan fingerprint density at radius 3 is 2.07 bits per heavy atom. The normalized spacial score (nSPS) is 12.7. The summed E-state index contributed by atoms with van der Waals surface area (Å²) in [5, 5.41) is 2.95. The number of halogens is 1. The lowest BCUT2D eigenvalue weighted by Gasteiger charge is -2.33. The molecular formula is C31H38FN3O5S. The van der Waals surface area contributed by atoms with Gasteiger partial charge in [0.15, 0.2) is 0 Å². The molecule has 0 aliphatic heterocycles. The third-order valence-electron chi connectivity index (χ3n) is 6.90. The Labute approximate surface area is 242 Å². The molecule has 10 heteroatoms. The van der Waals surface area contributed by atoms with E-state index < -0.39 is 34.3 Å². The van der Waals surface area contributed by atoms with Crippen LogP contribution in [0.25, 0.3) is 0 Å². The highest BCUT2D eigenvalue weighted by atomic mass is 32.2. The number of nitrogens with zero attached hydrogens (tertiary/aromatic N) is 2. The van der Waals surface area contributed by atoms with Crippen LogP contribution in [0.5, 0.6) is 5.75 Å². The van der Waals surface area contributed by atoms with Gasteiger partial charge in [0.05, 0.1) is 17.7 Å². The SMILES string of the molecule is CC[C@H](C(=O)N[C@@H](C)CC)N(Cc1ccc(OC)cc1)C(=O)CN(c1ccc(C)cc1)S(=O)(=O)c1ccc(F)cc1.